The summed E-state index contributed by atoms with van der Waals surface area (Å²) < 4.78 is 15.6. The van der Waals surface area contributed by atoms with Gasteiger partial charge in [0.15, 0.2) is 0 Å². The number of nitrogens with zero attached hydrogens (tertiary/aromatic N) is 5. The SMILES string of the molecule is COC(=O)N[C@H](C(=O)N1CCC[C@H]1c1nc2c([nH]1)CCc1cc(-c3ccc4cc(-c5cnc([C@@H]6CCCN6C(=O)[C@H](NC(O)OC)c6ccccc6)[nH]5)ccc4c3)ccc1-2)C1CCN(C(=O)OC(C)(C)C)CC1. The lowest BCUT2D eigenvalue weighted by atomic mass is 9.88. The van der Waals surface area contributed by atoms with Crippen molar-refractivity contribution >= 4 is 34.8 Å². The van der Waals surface area contributed by atoms with Gasteiger partial charge in [-0.1, -0.05) is 72.8 Å². The van der Waals surface area contributed by atoms with Crippen molar-refractivity contribution in [1.29, 1.82) is 0 Å². The molecular formula is C56H65N9O8. The maximum Gasteiger partial charge on any atom is 0.410 e. The number of carbonyl (C=O) groups excluding carboxylic acids is 4. The van der Waals surface area contributed by atoms with E-state index in [1.807, 2.05) is 67.1 Å². The topological polar surface area (TPSA) is 207 Å². The minimum absolute atomic E-state index is 0.154. The van der Waals surface area contributed by atoms with Crippen molar-refractivity contribution in [2.75, 3.05) is 40.4 Å². The lowest BCUT2D eigenvalue weighted by Gasteiger charge is -2.38. The second kappa shape index (κ2) is 20.8. The van der Waals surface area contributed by atoms with E-state index >= 15 is 0 Å². The summed E-state index contributed by atoms with van der Waals surface area (Å²) in [6.07, 6.45) is 5.34. The number of fused-ring (bicyclic) bond motifs is 4. The Kier molecular flexibility index (Phi) is 14.1. The summed E-state index contributed by atoms with van der Waals surface area (Å²) in [5.74, 6) is 0.967. The Hall–Kier alpha value is -7.08. The van der Waals surface area contributed by atoms with Crippen LogP contribution in [0.2, 0.25) is 0 Å². The Morgan fingerprint density at radius 3 is 2.11 bits per heavy atom. The third-order valence-electron chi connectivity index (χ3n) is 14.9. The van der Waals surface area contributed by atoms with Crippen LogP contribution < -0.4 is 10.6 Å². The fourth-order valence-electron chi connectivity index (χ4n) is 11.2. The maximum absolute atomic E-state index is 14.5. The fraction of sp³-hybridized carbons (Fsp3) is 0.429. The molecule has 17 nitrogen and oxygen atoms in total. The molecule has 1 aliphatic carbocycles. The van der Waals surface area contributed by atoms with E-state index in [1.54, 1.807) is 4.90 Å². The Morgan fingerprint density at radius 2 is 1.41 bits per heavy atom. The Labute approximate surface area is 425 Å². The van der Waals surface area contributed by atoms with Gasteiger partial charge in [-0.25, -0.2) is 19.6 Å². The number of imidazole rings is 2. The normalized spacial score (nSPS) is 19.3. The van der Waals surface area contributed by atoms with Crippen LogP contribution in [-0.2, 0) is 36.6 Å². The molecule has 3 fully saturated rings. The van der Waals surface area contributed by atoms with Gasteiger partial charge in [0, 0.05) is 50.1 Å². The molecule has 0 saturated carbocycles. The highest BCUT2D eigenvalue weighted by molar-refractivity contribution is 5.91. The average molecular weight is 992 g/mol. The summed E-state index contributed by atoms with van der Waals surface area (Å²) in [6, 6.07) is 26.7. The number of hydrogen-bond donors (Lipinski definition) is 5. The van der Waals surface area contributed by atoms with E-state index in [0.29, 0.717) is 39.0 Å². The highest BCUT2D eigenvalue weighted by Crippen LogP contribution is 2.40. The molecule has 6 aromatic rings. The van der Waals surface area contributed by atoms with Crippen LogP contribution in [0, 0.1) is 5.92 Å². The van der Waals surface area contributed by atoms with Gasteiger partial charge in [0.25, 0.3) is 0 Å². The van der Waals surface area contributed by atoms with Gasteiger partial charge in [-0.05, 0) is 123 Å². The Balaban J connectivity index is 0.820. The van der Waals surface area contributed by atoms with Gasteiger partial charge in [-0.3, -0.25) is 14.9 Å². The van der Waals surface area contributed by atoms with Crippen molar-refractivity contribution in [3.05, 3.63) is 120 Å². The number of piperidine rings is 1. The summed E-state index contributed by atoms with van der Waals surface area (Å²) in [7, 11) is 2.68. The monoisotopic (exact) mass is 991 g/mol. The molecule has 382 valence electrons. The summed E-state index contributed by atoms with van der Waals surface area (Å²) in [6.45, 7) is 7.48. The number of ether oxygens (including phenoxy) is 3. The molecule has 10 rings (SSSR count). The number of alkyl carbamates (subject to hydrolysis) is 1. The first-order chi connectivity index (χ1) is 35.2. The largest absolute Gasteiger partial charge is 0.453 e. The third kappa shape index (κ3) is 10.4. The molecule has 2 aromatic heterocycles. The van der Waals surface area contributed by atoms with Crippen LogP contribution in [0.1, 0.15) is 106 Å². The van der Waals surface area contributed by atoms with Gasteiger partial charge in [0.2, 0.25) is 18.2 Å². The standard InChI is InChI=1S/C56H65N9O8/c1-56(2,3)73-55(70)63-27-23-34(24-28-63)47(62-54(69)72-5)52(67)65-26-10-14-45(65)50-58-42-22-20-39-30-38(19-21-41(39)48(42)60-50)35-15-16-37-31-40(18-17-36(37)29-35)43-32-57-49(59-43)44-13-9-25-64(44)51(66)46(61-53(68)71-4)33-11-7-6-8-12-33/h6-8,11-12,15-19,21,29-32,34,44-47,53,61,68H,9-10,13-14,20,22-28H2,1-5H3,(H,57,59)(H,58,60)(H,62,69)/t44-,45-,46+,47-,53?/m0/s1. The number of benzene rings is 4. The van der Waals surface area contributed by atoms with E-state index in [-0.39, 0.29) is 35.9 Å². The van der Waals surface area contributed by atoms with E-state index in [4.69, 9.17) is 24.2 Å². The lowest BCUT2D eigenvalue weighted by molar-refractivity contribution is -0.143. The van der Waals surface area contributed by atoms with E-state index in [1.165, 1.54) is 19.8 Å². The third-order valence-corrected chi connectivity index (χ3v) is 14.9. The van der Waals surface area contributed by atoms with Gasteiger partial charge < -0.3 is 49.3 Å². The smallest absolute Gasteiger partial charge is 0.410 e. The van der Waals surface area contributed by atoms with Crippen molar-refractivity contribution in [1.82, 2.24) is 45.3 Å². The molecule has 5 heterocycles. The van der Waals surface area contributed by atoms with Crippen LogP contribution in [0.4, 0.5) is 9.59 Å². The Morgan fingerprint density at radius 1 is 0.753 bits per heavy atom. The molecule has 73 heavy (non-hydrogen) atoms. The second-order valence-corrected chi connectivity index (χ2v) is 20.7. The second-order valence-electron chi connectivity index (χ2n) is 20.7. The van der Waals surface area contributed by atoms with Crippen molar-refractivity contribution in [2.24, 2.45) is 5.92 Å². The zero-order valence-corrected chi connectivity index (χ0v) is 42.2. The highest BCUT2D eigenvalue weighted by atomic mass is 16.6. The number of aliphatic hydroxyl groups is 1. The van der Waals surface area contributed by atoms with Crippen LogP contribution in [0.5, 0.6) is 0 Å². The molecule has 0 bridgehead atoms. The lowest BCUT2D eigenvalue weighted by Crippen LogP contribution is -2.55. The first kappa shape index (κ1) is 49.5. The van der Waals surface area contributed by atoms with E-state index < -0.39 is 30.2 Å². The van der Waals surface area contributed by atoms with Gasteiger partial charge in [-0.15, -0.1) is 0 Å². The zero-order chi connectivity index (χ0) is 51.0. The summed E-state index contributed by atoms with van der Waals surface area (Å²) in [5, 5.41) is 18.3. The first-order valence-corrected chi connectivity index (χ1v) is 25.5. The van der Waals surface area contributed by atoms with E-state index in [0.717, 1.165) is 106 Å². The van der Waals surface area contributed by atoms with Crippen molar-refractivity contribution < 1.29 is 38.5 Å². The van der Waals surface area contributed by atoms with Gasteiger partial charge >= 0.3 is 12.2 Å². The van der Waals surface area contributed by atoms with Crippen molar-refractivity contribution in [2.45, 2.75) is 108 Å². The van der Waals surface area contributed by atoms with Gasteiger partial charge in [-0.2, -0.15) is 0 Å². The molecule has 1 unspecified atom stereocenters. The number of aromatic amines is 2. The molecular weight excluding hydrogens is 927 g/mol. The van der Waals surface area contributed by atoms with Crippen molar-refractivity contribution in [3.8, 4) is 33.6 Å². The van der Waals surface area contributed by atoms with Crippen LogP contribution in [0.3, 0.4) is 0 Å². The summed E-state index contributed by atoms with van der Waals surface area (Å²) in [4.78, 5) is 76.5. The number of methoxy groups -OCH3 is 2. The van der Waals surface area contributed by atoms with Crippen LogP contribution in [0.15, 0.2) is 91.1 Å². The predicted octanol–water partition coefficient (Wildman–Crippen LogP) is 8.34. The zero-order valence-electron chi connectivity index (χ0n) is 42.2. The Bertz CT molecular complexity index is 2990. The molecule has 5 atom stereocenters. The summed E-state index contributed by atoms with van der Waals surface area (Å²) in [5.41, 5.74) is 8.48. The molecule has 0 radical (unpaired) electrons. The number of aryl methyl sites for hydroxylation is 2. The van der Waals surface area contributed by atoms with Gasteiger partial charge in [0.05, 0.1) is 36.8 Å². The number of amides is 4. The number of nitrogens with one attached hydrogen (secondary N) is 4. The van der Waals surface area contributed by atoms with Gasteiger partial charge in [0.1, 0.15) is 29.3 Å². The highest BCUT2D eigenvalue weighted by Gasteiger charge is 2.42. The number of H-pyrrole nitrogens is 2. The average Bonchev–Trinajstić information content (AvgIpc) is 4.26. The number of aromatic nitrogens is 4. The number of carbonyl (C=O) groups is 4. The van der Waals surface area contributed by atoms with E-state index in [2.05, 4.69) is 75.2 Å². The predicted molar refractivity (Wildman–Crippen MR) is 275 cm³/mol. The van der Waals surface area contributed by atoms with Crippen LogP contribution in [-0.4, -0.2) is 122 Å². The molecule has 5 N–H and O–H groups in total. The quantitative estimate of drug-likeness (QED) is 0.0737. The molecule has 4 amide bonds. The maximum atomic E-state index is 14.5. The minimum atomic E-state index is -1.30. The molecule has 3 saturated heterocycles. The molecule has 17 heteroatoms. The van der Waals surface area contributed by atoms with E-state index in [9.17, 15) is 24.3 Å². The number of hydrogen-bond acceptors (Lipinski definition) is 11. The molecule has 0 spiro atoms. The molecule has 3 aliphatic heterocycles. The number of likely N-dealkylation sites (tertiary alicyclic amines) is 3. The molecule has 4 aromatic carbocycles. The summed E-state index contributed by atoms with van der Waals surface area (Å²) >= 11 is 0. The fourth-order valence-corrected chi connectivity index (χ4v) is 11.2. The molecule has 4 aliphatic rings. The number of rotatable bonds is 12. The van der Waals surface area contributed by atoms with Crippen LogP contribution >= 0.6 is 0 Å². The minimum Gasteiger partial charge on any atom is -0.453 e. The van der Waals surface area contributed by atoms with Crippen molar-refractivity contribution in [3.63, 3.8) is 0 Å². The first-order valence-electron chi connectivity index (χ1n) is 25.5. The number of aliphatic hydroxyl groups excluding tert-OH is 1. The van der Waals surface area contributed by atoms with Crippen LogP contribution in [0.25, 0.3) is 44.4 Å².